The van der Waals surface area contributed by atoms with Gasteiger partial charge in [-0.2, -0.15) is 0 Å². The van der Waals surface area contributed by atoms with Gasteiger partial charge in [0, 0.05) is 6.21 Å². The molecule has 0 bridgehead atoms. The summed E-state index contributed by atoms with van der Waals surface area (Å²) in [4.78, 5) is 19.1. The van der Waals surface area contributed by atoms with Gasteiger partial charge in [0.1, 0.15) is 6.61 Å². The van der Waals surface area contributed by atoms with E-state index in [-0.39, 0.29) is 18.1 Å². The standard InChI is InChI=1S/C28H48N2O4Si2/c1-20(2)26(33-36(21(3)4,22(5)6)23(7)8)17-29-27(34-35(9,10)11)18-30-25(19-32-28(30)31)24-15-13-12-14-16-24/h12-18,20-23,25-26H,19H2,1-11H3/t25-,26-/m1/s1. The monoisotopic (exact) mass is 532 g/mol. The van der Waals surface area contributed by atoms with Crippen molar-refractivity contribution in [1.29, 1.82) is 0 Å². The summed E-state index contributed by atoms with van der Waals surface area (Å²) in [7, 11) is -4.11. The number of aliphatic imine (C=N–C) groups is 1. The molecule has 36 heavy (non-hydrogen) atoms. The molecule has 0 N–H and O–H groups in total. The van der Waals surface area contributed by atoms with E-state index in [0.717, 1.165) is 5.56 Å². The molecular formula is C28H48N2O4Si2. The predicted molar refractivity (Wildman–Crippen MR) is 154 cm³/mol. The lowest BCUT2D eigenvalue weighted by Crippen LogP contribution is -2.51. The molecule has 0 spiro atoms. The van der Waals surface area contributed by atoms with Gasteiger partial charge in [-0.25, -0.2) is 9.79 Å². The summed E-state index contributed by atoms with van der Waals surface area (Å²) >= 11 is 0. The van der Waals surface area contributed by atoms with Gasteiger partial charge >= 0.3 is 6.09 Å². The molecule has 1 aliphatic heterocycles. The van der Waals surface area contributed by atoms with Crippen LogP contribution < -0.4 is 0 Å². The zero-order valence-electron chi connectivity index (χ0n) is 24.2. The fourth-order valence-electron chi connectivity index (χ4n) is 5.16. The van der Waals surface area contributed by atoms with Crippen LogP contribution in [0.2, 0.25) is 36.3 Å². The van der Waals surface area contributed by atoms with E-state index < -0.39 is 22.7 Å². The molecule has 1 aromatic rings. The topological polar surface area (TPSA) is 60.4 Å². The second-order valence-electron chi connectivity index (χ2n) is 12.0. The van der Waals surface area contributed by atoms with Crippen molar-refractivity contribution < 1.29 is 18.4 Å². The van der Waals surface area contributed by atoms with Crippen LogP contribution in [0.3, 0.4) is 0 Å². The van der Waals surface area contributed by atoms with E-state index in [1.54, 1.807) is 11.1 Å². The average Bonchev–Trinajstić information content (AvgIpc) is 3.12. The minimum atomic E-state index is -2.10. The van der Waals surface area contributed by atoms with Crippen molar-refractivity contribution in [3.63, 3.8) is 0 Å². The van der Waals surface area contributed by atoms with Crippen LogP contribution in [0.5, 0.6) is 0 Å². The Kier molecular flexibility index (Phi) is 10.6. The first kappa shape index (κ1) is 30.3. The number of ether oxygens (including phenoxy) is 1. The third-order valence-corrected chi connectivity index (χ3v) is 13.7. The van der Waals surface area contributed by atoms with Gasteiger partial charge in [-0.3, -0.25) is 4.90 Å². The molecule has 0 radical (unpaired) electrons. The van der Waals surface area contributed by atoms with Gasteiger partial charge < -0.3 is 13.6 Å². The quantitative estimate of drug-likeness (QED) is 0.155. The molecule has 1 heterocycles. The number of hydrogen-bond donors (Lipinski definition) is 0. The summed E-state index contributed by atoms with van der Waals surface area (Å²) < 4.78 is 18.8. The number of carbonyl (C=O) groups excluding carboxylic acids is 1. The van der Waals surface area contributed by atoms with E-state index in [4.69, 9.17) is 18.6 Å². The number of cyclic esters (lactones) is 1. The minimum Gasteiger partial charge on any atom is -0.530 e. The van der Waals surface area contributed by atoms with Gasteiger partial charge in [0.25, 0.3) is 0 Å². The molecule has 1 aliphatic rings. The Morgan fingerprint density at radius 1 is 1.00 bits per heavy atom. The van der Waals surface area contributed by atoms with Crippen molar-refractivity contribution in [1.82, 2.24) is 4.90 Å². The molecule has 2 rings (SSSR count). The molecule has 2 atom stereocenters. The van der Waals surface area contributed by atoms with Crippen LogP contribution in [0.15, 0.2) is 47.4 Å². The Bertz CT molecular complexity index is 886. The van der Waals surface area contributed by atoms with Crippen LogP contribution >= 0.6 is 0 Å². The van der Waals surface area contributed by atoms with E-state index in [1.807, 2.05) is 36.5 Å². The molecule has 0 saturated carbocycles. The molecule has 1 amide bonds. The third-order valence-electron chi connectivity index (χ3n) is 6.81. The second-order valence-corrected chi connectivity index (χ2v) is 21.9. The number of rotatable bonds is 12. The lowest BCUT2D eigenvalue weighted by molar-refractivity contribution is 0.165. The summed E-state index contributed by atoms with van der Waals surface area (Å²) in [5.41, 5.74) is 2.45. The maximum atomic E-state index is 12.7. The molecule has 1 aromatic carbocycles. The largest absolute Gasteiger partial charge is 0.530 e. The fraction of sp³-hybridized carbons (Fsp3) is 0.643. The van der Waals surface area contributed by atoms with Gasteiger partial charge in [-0.05, 0) is 47.7 Å². The highest BCUT2D eigenvalue weighted by molar-refractivity contribution is 6.77. The second kappa shape index (κ2) is 12.6. The van der Waals surface area contributed by atoms with Crippen LogP contribution in [-0.4, -0.2) is 46.6 Å². The average molecular weight is 533 g/mol. The molecule has 202 valence electrons. The lowest BCUT2D eigenvalue weighted by Gasteiger charge is -2.44. The van der Waals surface area contributed by atoms with E-state index in [0.29, 0.717) is 29.1 Å². The van der Waals surface area contributed by atoms with E-state index in [1.165, 1.54) is 0 Å². The molecule has 8 heteroatoms. The summed E-state index contributed by atoms with van der Waals surface area (Å²) in [6, 6.07) is 9.70. The Morgan fingerprint density at radius 2 is 1.56 bits per heavy atom. The highest BCUT2D eigenvalue weighted by Gasteiger charge is 2.46. The lowest BCUT2D eigenvalue weighted by atomic mass is 10.1. The first-order valence-corrected chi connectivity index (χ1v) is 18.9. The summed E-state index contributed by atoms with van der Waals surface area (Å²) in [5.74, 6) is 0.674. The van der Waals surface area contributed by atoms with E-state index in [9.17, 15) is 4.79 Å². The first-order chi connectivity index (χ1) is 16.7. The van der Waals surface area contributed by atoms with Gasteiger partial charge in [0.15, 0.2) is 0 Å². The number of amides is 1. The zero-order chi connectivity index (χ0) is 27.3. The van der Waals surface area contributed by atoms with Crippen molar-refractivity contribution in [2.45, 2.75) is 104 Å². The molecule has 0 unspecified atom stereocenters. The maximum absolute atomic E-state index is 12.7. The highest BCUT2D eigenvalue weighted by Crippen LogP contribution is 2.43. The van der Waals surface area contributed by atoms with Crippen molar-refractivity contribution in [2.75, 3.05) is 6.61 Å². The summed E-state index contributed by atoms with van der Waals surface area (Å²) in [6.45, 7) is 24.7. The number of benzene rings is 1. The Morgan fingerprint density at radius 3 is 2.03 bits per heavy atom. The fourth-order valence-corrected chi connectivity index (χ4v) is 11.5. The van der Waals surface area contributed by atoms with Crippen molar-refractivity contribution >= 4 is 28.9 Å². The molecular weight excluding hydrogens is 484 g/mol. The number of carbonyl (C=O) groups is 1. The number of hydrogen-bond acceptors (Lipinski definition) is 5. The van der Waals surface area contributed by atoms with Crippen LogP contribution in [0.1, 0.15) is 67.0 Å². The normalized spacial score (nSPS) is 18.8. The van der Waals surface area contributed by atoms with Crippen molar-refractivity contribution in [3.8, 4) is 0 Å². The Hall–Kier alpha value is -1.91. The number of nitrogens with zero attached hydrogens (tertiary/aromatic N) is 2. The van der Waals surface area contributed by atoms with Crippen LogP contribution in [0.25, 0.3) is 0 Å². The maximum Gasteiger partial charge on any atom is 0.414 e. The smallest absolute Gasteiger partial charge is 0.414 e. The third kappa shape index (κ3) is 7.55. The molecule has 1 saturated heterocycles. The Labute approximate surface area is 221 Å². The van der Waals surface area contributed by atoms with E-state index >= 15 is 0 Å². The minimum absolute atomic E-state index is 0.145. The summed E-state index contributed by atoms with van der Waals surface area (Å²) in [6.07, 6.45) is 3.06. The SMILES string of the molecule is CC(C)[C@@H](C=NC(=CN1C(=O)OC[C@@H]1c1ccccc1)O[Si](C)(C)C)O[Si](C(C)C)(C(C)C)C(C)C. The zero-order valence-corrected chi connectivity index (χ0v) is 26.2. The van der Waals surface area contributed by atoms with Crippen LogP contribution in [0.4, 0.5) is 4.79 Å². The van der Waals surface area contributed by atoms with Gasteiger partial charge in [0.2, 0.25) is 22.5 Å². The van der Waals surface area contributed by atoms with Crippen LogP contribution in [-0.2, 0) is 13.6 Å². The van der Waals surface area contributed by atoms with Gasteiger partial charge in [0.05, 0.1) is 18.3 Å². The van der Waals surface area contributed by atoms with Gasteiger partial charge in [-0.15, -0.1) is 0 Å². The molecule has 0 aliphatic carbocycles. The Balaban J connectivity index is 2.45. The predicted octanol–water partition coefficient (Wildman–Crippen LogP) is 8.12. The summed E-state index contributed by atoms with van der Waals surface area (Å²) in [5, 5.41) is 0. The van der Waals surface area contributed by atoms with Gasteiger partial charge in [-0.1, -0.05) is 85.7 Å². The molecule has 1 fully saturated rings. The first-order valence-electron chi connectivity index (χ1n) is 13.3. The molecule has 0 aromatic heterocycles. The van der Waals surface area contributed by atoms with Crippen molar-refractivity contribution in [3.05, 3.63) is 48.0 Å². The highest BCUT2D eigenvalue weighted by atomic mass is 28.4. The van der Waals surface area contributed by atoms with E-state index in [2.05, 4.69) is 75.0 Å². The van der Waals surface area contributed by atoms with Crippen molar-refractivity contribution in [2.24, 2.45) is 10.9 Å². The molecule has 6 nitrogen and oxygen atoms in total. The van der Waals surface area contributed by atoms with Crippen LogP contribution in [0, 0.1) is 5.92 Å².